The Morgan fingerprint density at radius 2 is 2.38 bits per heavy atom. The molecule has 1 saturated heterocycles. The van der Waals surface area contributed by atoms with E-state index in [9.17, 15) is 4.79 Å². The molecule has 5 nitrogen and oxygen atoms in total. The van der Waals surface area contributed by atoms with Crippen molar-refractivity contribution in [3.05, 3.63) is 17.5 Å². The van der Waals surface area contributed by atoms with Gasteiger partial charge in [-0.3, -0.25) is 9.89 Å². The van der Waals surface area contributed by atoms with E-state index >= 15 is 0 Å². The molecule has 0 aliphatic carbocycles. The first kappa shape index (κ1) is 11.1. The Balaban J connectivity index is 1.91. The summed E-state index contributed by atoms with van der Waals surface area (Å²) in [6, 6.07) is 1.92. The standard InChI is InChI=1S/C11H18N4O/c1-9-7-10(14-13-9)8-11(16)15-5-2-3-12-4-6-15/h7,12H,2-6,8H2,1H3,(H,13,14). The Bertz CT molecular complexity index is 353. The fraction of sp³-hybridized carbons (Fsp3) is 0.636. The molecule has 1 aliphatic rings. The van der Waals surface area contributed by atoms with E-state index in [1.165, 1.54) is 0 Å². The van der Waals surface area contributed by atoms with Crippen LogP contribution in [-0.2, 0) is 11.2 Å². The number of H-pyrrole nitrogens is 1. The summed E-state index contributed by atoms with van der Waals surface area (Å²) in [5.74, 6) is 0.176. The van der Waals surface area contributed by atoms with E-state index in [0.29, 0.717) is 6.42 Å². The summed E-state index contributed by atoms with van der Waals surface area (Å²) in [7, 11) is 0. The monoisotopic (exact) mass is 222 g/mol. The highest BCUT2D eigenvalue weighted by Gasteiger charge is 2.16. The molecule has 1 fully saturated rings. The van der Waals surface area contributed by atoms with Gasteiger partial charge in [0.15, 0.2) is 0 Å². The van der Waals surface area contributed by atoms with Crippen LogP contribution in [0.1, 0.15) is 17.8 Å². The van der Waals surface area contributed by atoms with E-state index in [1.54, 1.807) is 0 Å². The molecule has 1 amide bonds. The minimum absolute atomic E-state index is 0.176. The number of hydrogen-bond donors (Lipinski definition) is 2. The summed E-state index contributed by atoms with van der Waals surface area (Å²) in [5.41, 5.74) is 1.83. The van der Waals surface area contributed by atoms with Crippen LogP contribution in [-0.4, -0.2) is 47.2 Å². The zero-order valence-electron chi connectivity index (χ0n) is 9.62. The molecule has 0 atom stereocenters. The molecule has 0 aromatic carbocycles. The third kappa shape index (κ3) is 2.82. The maximum absolute atomic E-state index is 12.0. The summed E-state index contributed by atoms with van der Waals surface area (Å²) in [6.45, 7) is 5.50. The number of rotatable bonds is 2. The summed E-state index contributed by atoms with van der Waals surface area (Å²) < 4.78 is 0. The molecule has 0 bridgehead atoms. The van der Waals surface area contributed by atoms with Crippen LogP contribution in [0.25, 0.3) is 0 Å². The number of carbonyl (C=O) groups is 1. The number of aromatic nitrogens is 2. The van der Waals surface area contributed by atoms with Gasteiger partial charge < -0.3 is 10.2 Å². The minimum atomic E-state index is 0.176. The lowest BCUT2D eigenvalue weighted by Gasteiger charge is -2.19. The van der Waals surface area contributed by atoms with Crippen LogP contribution >= 0.6 is 0 Å². The van der Waals surface area contributed by atoms with Crippen LogP contribution in [0.4, 0.5) is 0 Å². The fourth-order valence-electron chi connectivity index (χ4n) is 1.93. The second-order valence-electron chi connectivity index (χ2n) is 4.20. The lowest BCUT2D eigenvalue weighted by atomic mass is 10.2. The van der Waals surface area contributed by atoms with Crippen molar-refractivity contribution in [3.8, 4) is 0 Å². The summed E-state index contributed by atoms with van der Waals surface area (Å²) in [6.07, 6.45) is 1.44. The molecule has 0 unspecified atom stereocenters. The predicted molar refractivity (Wildman–Crippen MR) is 61.1 cm³/mol. The molecule has 0 radical (unpaired) electrons. The molecule has 0 saturated carbocycles. The van der Waals surface area contributed by atoms with E-state index in [2.05, 4.69) is 15.5 Å². The zero-order chi connectivity index (χ0) is 11.4. The van der Waals surface area contributed by atoms with Crippen molar-refractivity contribution >= 4 is 5.91 Å². The zero-order valence-corrected chi connectivity index (χ0v) is 9.62. The first-order valence-electron chi connectivity index (χ1n) is 5.75. The van der Waals surface area contributed by atoms with Gasteiger partial charge in [-0.25, -0.2) is 0 Å². The van der Waals surface area contributed by atoms with Crippen molar-refractivity contribution in [1.82, 2.24) is 20.4 Å². The average molecular weight is 222 g/mol. The normalized spacial score (nSPS) is 17.2. The van der Waals surface area contributed by atoms with Gasteiger partial charge in [-0.1, -0.05) is 0 Å². The van der Waals surface area contributed by atoms with Gasteiger partial charge in [-0.2, -0.15) is 5.10 Å². The van der Waals surface area contributed by atoms with E-state index in [0.717, 1.165) is 44.0 Å². The third-order valence-corrected chi connectivity index (χ3v) is 2.78. The van der Waals surface area contributed by atoms with E-state index in [-0.39, 0.29) is 5.91 Å². The second-order valence-corrected chi connectivity index (χ2v) is 4.20. The molecule has 88 valence electrons. The smallest absolute Gasteiger partial charge is 0.228 e. The van der Waals surface area contributed by atoms with Crippen molar-refractivity contribution in [2.24, 2.45) is 0 Å². The van der Waals surface area contributed by atoms with Crippen LogP contribution in [0, 0.1) is 6.92 Å². The third-order valence-electron chi connectivity index (χ3n) is 2.78. The summed E-state index contributed by atoms with van der Waals surface area (Å²) >= 11 is 0. The van der Waals surface area contributed by atoms with Crippen LogP contribution in [0.5, 0.6) is 0 Å². The van der Waals surface area contributed by atoms with Crippen LogP contribution < -0.4 is 5.32 Å². The summed E-state index contributed by atoms with van der Waals surface area (Å²) in [5, 5.41) is 10.2. The number of hydrogen-bond acceptors (Lipinski definition) is 3. The molecule has 0 spiro atoms. The average Bonchev–Trinajstić information content (AvgIpc) is 2.56. The van der Waals surface area contributed by atoms with E-state index < -0.39 is 0 Å². The SMILES string of the molecule is Cc1cc(CC(=O)N2CCCNCC2)n[nH]1. The number of aromatic amines is 1. The molecule has 1 aromatic rings. The minimum Gasteiger partial charge on any atom is -0.341 e. The molecule has 2 rings (SSSR count). The van der Waals surface area contributed by atoms with Crippen molar-refractivity contribution in [2.75, 3.05) is 26.2 Å². The number of nitrogens with one attached hydrogen (secondary N) is 2. The maximum Gasteiger partial charge on any atom is 0.228 e. The highest BCUT2D eigenvalue weighted by molar-refractivity contribution is 5.78. The van der Waals surface area contributed by atoms with Gasteiger partial charge in [0.1, 0.15) is 0 Å². The highest BCUT2D eigenvalue weighted by atomic mass is 16.2. The Morgan fingerprint density at radius 3 is 3.12 bits per heavy atom. The molecule has 2 N–H and O–H groups in total. The van der Waals surface area contributed by atoms with Crippen molar-refractivity contribution in [1.29, 1.82) is 0 Å². The van der Waals surface area contributed by atoms with Gasteiger partial charge >= 0.3 is 0 Å². The molecule has 5 heteroatoms. The van der Waals surface area contributed by atoms with Crippen molar-refractivity contribution in [2.45, 2.75) is 19.8 Å². The lowest BCUT2D eigenvalue weighted by molar-refractivity contribution is -0.130. The lowest BCUT2D eigenvalue weighted by Crippen LogP contribution is -2.35. The number of carbonyl (C=O) groups excluding carboxylic acids is 1. The van der Waals surface area contributed by atoms with Crippen molar-refractivity contribution < 1.29 is 4.79 Å². The van der Waals surface area contributed by atoms with Gasteiger partial charge in [0, 0.05) is 25.3 Å². The number of aryl methyl sites for hydroxylation is 1. The first-order valence-corrected chi connectivity index (χ1v) is 5.75. The number of nitrogens with zero attached hydrogens (tertiary/aromatic N) is 2. The Labute approximate surface area is 95.2 Å². The molecule has 2 heterocycles. The topological polar surface area (TPSA) is 61.0 Å². The van der Waals surface area contributed by atoms with Crippen LogP contribution in [0.2, 0.25) is 0 Å². The highest BCUT2D eigenvalue weighted by Crippen LogP contribution is 2.03. The fourth-order valence-corrected chi connectivity index (χ4v) is 1.93. The van der Waals surface area contributed by atoms with Gasteiger partial charge in [0.25, 0.3) is 0 Å². The first-order chi connectivity index (χ1) is 7.75. The Morgan fingerprint density at radius 1 is 1.50 bits per heavy atom. The van der Waals surface area contributed by atoms with Crippen LogP contribution in [0.15, 0.2) is 6.07 Å². The van der Waals surface area contributed by atoms with Gasteiger partial charge in [-0.15, -0.1) is 0 Å². The van der Waals surface area contributed by atoms with Gasteiger partial charge in [0.2, 0.25) is 5.91 Å². The van der Waals surface area contributed by atoms with Gasteiger partial charge in [0.05, 0.1) is 12.1 Å². The predicted octanol–water partition coefficient (Wildman–Crippen LogP) is 0.0825. The van der Waals surface area contributed by atoms with E-state index in [1.807, 2.05) is 17.9 Å². The Kier molecular flexibility index (Phi) is 3.56. The molecule has 16 heavy (non-hydrogen) atoms. The quantitative estimate of drug-likeness (QED) is 0.745. The van der Waals surface area contributed by atoms with Gasteiger partial charge in [-0.05, 0) is 26.0 Å². The van der Waals surface area contributed by atoms with E-state index in [4.69, 9.17) is 0 Å². The second kappa shape index (κ2) is 5.12. The number of amides is 1. The largest absolute Gasteiger partial charge is 0.341 e. The molecular formula is C11H18N4O. The molecular weight excluding hydrogens is 204 g/mol. The van der Waals surface area contributed by atoms with Crippen LogP contribution in [0.3, 0.4) is 0 Å². The maximum atomic E-state index is 12.0. The van der Waals surface area contributed by atoms with Crippen molar-refractivity contribution in [3.63, 3.8) is 0 Å². The Hall–Kier alpha value is -1.36. The molecule has 1 aliphatic heterocycles. The summed E-state index contributed by atoms with van der Waals surface area (Å²) in [4.78, 5) is 13.9. The molecule has 1 aromatic heterocycles.